The molecule has 0 unspecified atom stereocenters. The van der Waals surface area contributed by atoms with E-state index in [-0.39, 0.29) is 18.7 Å². The SMILES string of the molecule is CCOc1cc(C=NNC(=O)CC(=O)Nc2ccccc2CC)ccc1OCc1ccc([N+](=O)[O-])cc1. The van der Waals surface area contributed by atoms with Crippen LogP contribution in [0.4, 0.5) is 11.4 Å². The average Bonchev–Trinajstić information content (AvgIpc) is 2.89. The molecule has 0 aliphatic carbocycles. The van der Waals surface area contributed by atoms with E-state index in [4.69, 9.17) is 9.47 Å². The van der Waals surface area contributed by atoms with Gasteiger partial charge in [0.2, 0.25) is 11.8 Å². The number of para-hydroxylation sites is 1. The summed E-state index contributed by atoms with van der Waals surface area (Å²) in [4.78, 5) is 34.7. The zero-order chi connectivity index (χ0) is 26.6. The topological polar surface area (TPSA) is 132 Å². The second-order valence-electron chi connectivity index (χ2n) is 7.88. The Kier molecular flexibility index (Phi) is 9.72. The molecule has 0 saturated heterocycles. The Hall–Kier alpha value is -4.73. The minimum atomic E-state index is -0.546. The Morgan fingerprint density at radius 3 is 2.43 bits per heavy atom. The fourth-order valence-corrected chi connectivity index (χ4v) is 3.38. The van der Waals surface area contributed by atoms with Gasteiger partial charge in [-0.15, -0.1) is 0 Å². The first-order chi connectivity index (χ1) is 17.9. The molecule has 10 heteroatoms. The number of benzene rings is 3. The number of nitro benzene ring substituents is 1. The minimum absolute atomic E-state index is 0.0111. The molecule has 0 heterocycles. The van der Waals surface area contributed by atoms with Crippen molar-refractivity contribution in [2.45, 2.75) is 33.3 Å². The predicted molar refractivity (Wildman–Crippen MR) is 140 cm³/mol. The van der Waals surface area contributed by atoms with Gasteiger partial charge >= 0.3 is 0 Å². The third-order valence-corrected chi connectivity index (χ3v) is 5.21. The normalized spacial score (nSPS) is 10.6. The van der Waals surface area contributed by atoms with Crippen LogP contribution in [0.15, 0.2) is 71.8 Å². The lowest BCUT2D eigenvalue weighted by atomic mass is 10.1. The number of anilines is 1. The number of amides is 2. The molecule has 0 radical (unpaired) electrons. The average molecular weight is 505 g/mol. The van der Waals surface area contributed by atoms with E-state index < -0.39 is 16.7 Å². The van der Waals surface area contributed by atoms with Crippen LogP contribution in [0, 0.1) is 10.1 Å². The number of aryl methyl sites for hydroxylation is 1. The summed E-state index contributed by atoms with van der Waals surface area (Å²) in [6, 6.07) is 18.7. The summed E-state index contributed by atoms with van der Waals surface area (Å²) in [5.74, 6) is -0.00311. The molecule has 10 nitrogen and oxygen atoms in total. The molecule has 2 amide bonds. The number of carbonyl (C=O) groups is 2. The van der Waals surface area contributed by atoms with Crippen molar-refractivity contribution in [3.05, 3.63) is 93.5 Å². The Bertz CT molecular complexity index is 1270. The fraction of sp³-hybridized carbons (Fsp3) is 0.222. The van der Waals surface area contributed by atoms with Crippen molar-refractivity contribution in [2.75, 3.05) is 11.9 Å². The summed E-state index contributed by atoms with van der Waals surface area (Å²) in [5, 5.41) is 17.5. The van der Waals surface area contributed by atoms with Crippen LogP contribution in [0.2, 0.25) is 0 Å². The first-order valence-corrected chi connectivity index (χ1v) is 11.7. The lowest BCUT2D eigenvalue weighted by molar-refractivity contribution is -0.384. The van der Waals surface area contributed by atoms with E-state index >= 15 is 0 Å². The lowest BCUT2D eigenvalue weighted by Gasteiger charge is -2.12. The van der Waals surface area contributed by atoms with Gasteiger partial charge in [-0.05, 0) is 66.4 Å². The largest absolute Gasteiger partial charge is 0.490 e. The highest BCUT2D eigenvalue weighted by Gasteiger charge is 2.11. The third-order valence-electron chi connectivity index (χ3n) is 5.21. The van der Waals surface area contributed by atoms with Gasteiger partial charge in [-0.25, -0.2) is 5.43 Å². The van der Waals surface area contributed by atoms with E-state index in [1.165, 1.54) is 18.3 Å². The summed E-state index contributed by atoms with van der Waals surface area (Å²) in [6.45, 7) is 4.43. The Balaban J connectivity index is 1.55. The van der Waals surface area contributed by atoms with Gasteiger partial charge < -0.3 is 14.8 Å². The van der Waals surface area contributed by atoms with Crippen molar-refractivity contribution in [1.29, 1.82) is 0 Å². The number of ether oxygens (including phenoxy) is 2. The van der Waals surface area contributed by atoms with Gasteiger partial charge in [-0.1, -0.05) is 25.1 Å². The molecule has 3 rings (SSSR count). The molecule has 0 spiro atoms. The van der Waals surface area contributed by atoms with Crippen LogP contribution in [0.25, 0.3) is 0 Å². The number of hydrogen-bond acceptors (Lipinski definition) is 7. The summed E-state index contributed by atoms with van der Waals surface area (Å²) in [6.07, 6.45) is 1.83. The molecule has 2 N–H and O–H groups in total. The molecule has 0 aliphatic rings. The molecule has 0 atom stereocenters. The van der Waals surface area contributed by atoms with Crippen LogP contribution in [-0.2, 0) is 22.6 Å². The number of carbonyl (C=O) groups excluding carboxylic acids is 2. The first kappa shape index (κ1) is 26.9. The van der Waals surface area contributed by atoms with Gasteiger partial charge in [-0.3, -0.25) is 19.7 Å². The summed E-state index contributed by atoms with van der Waals surface area (Å²) in [7, 11) is 0. The third kappa shape index (κ3) is 8.17. The standard InChI is InChI=1S/C27H28N4O6/c1-3-21-7-5-6-8-23(21)29-26(32)16-27(33)30-28-17-20-11-14-24(25(15-20)36-4-2)37-18-19-9-12-22(13-10-19)31(34)35/h5-15,17H,3-4,16,18H2,1-2H3,(H,29,32)(H,30,33). The highest BCUT2D eigenvalue weighted by atomic mass is 16.6. The van der Waals surface area contributed by atoms with Crippen molar-refractivity contribution in [1.82, 2.24) is 5.43 Å². The molecule has 0 fully saturated rings. The first-order valence-electron chi connectivity index (χ1n) is 11.7. The van der Waals surface area contributed by atoms with Crippen LogP contribution in [0.1, 0.15) is 37.0 Å². The highest BCUT2D eigenvalue weighted by molar-refractivity contribution is 6.04. The number of hydrazone groups is 1. The smallest absolute Gasteiger partial charge is 0.269 e. The molecule has 3 aromatic carbocycles. The van der Waals surface area contributed by atoms with Gasteiger partial charge in [-0.2, -0.15) is 5.10 Å². The fourth-order valence-electron chi connectivity index (χ4n) is 3.38. The van der Waals surface area contributed by atoms with Crippen molar-refractivity contribution in [2.24, 2.45) is 5.10 Å². The van der Waals surface area contributed by atoms with Crippen LogP contribution < -0.4 is 20.2 Å². The number of nitrogens with one attached hydrogen (secondary N) is 2. The zero-order valence-corrected chi connectivity index (χ0v) is 20.6. The van der Waals surface area contributed by atoms with Crippen LogP contribution in [-0.4, -0.2) is 29.6 Å². The van der Waals surface area contributed by atoms with E-state index in [0.717, 1.165) is 17.5 Å². The maximum Gasteiger partial charge on any atom is 0.269 e. The van der Waals surface area contributed by atoms with E-state index in [9.17, 15) is 19.7 Å². The molecule has 0 aromatic heterocycles. The second kappa shape index (κ2) is 13.4. The van der Waals surface area contributed by atoms with Crippen LogP contribution in [0.5, 0.6) is 11.5 Å². The minimum Gasteiger partial charge on any atom is -0.490 e. The number of nitrogens with zero attached hydrogens (tertiary/aromatic N) is 2. The van der Waals surface area contributed by atoms with Crippen LogP contribution in [0.3, 0.4) is 0 Å². The Labute approximate surface area is 214 Å². The predicted octanol–water partition coefficient (Wildman–Crippen LogP) is 4.61. The second-order valence-corrected chi connectivity index (χ2v) is 7.88. The van der Waals surface area contributed by atoms with Gasteiger partial charge in [0.15, 0.2) is 11.5 Å². The Morgan fingerprint density at radius 1 is 0.973 bits per heavy atom. The molecule has 192 valence electrons. The molecular formula is C27H28N4O6. The van der Waals surface area contributed by atoms with Crippen LogP contribution >= 0.6 is 0 Å². The number of hydrogen-bond donors (Lipinski definition) is 2. The number of non-ortho nitro benzene ring substituents is 1. The number of nitro groups is 1. The molecule has 0 bridgehead atoms. The van der Waals surface area contributed by atoms with E-state index in [1.54, 1.807) is 36.4 Å². The van der Waals surface area contributed by atoms with Gasteiger partial charge in [0.25, 0.3) is 5.69 Å². The monoisotopic (exact) mass is 504 g/mol. The maximum atomic E-state index is 12.2. The molecule has 37 heavy (non-hydrogen) atoms. The van der Waals surface area contributed by atoms with E-state index in [0.29, 0.717) is 29.4 Å². The maximum absolute atomic E-state index is 12.2. The van der Waals surface area contributed by atoms with E-state index in [2.05, 4.69) is 15.8 Å². The van der Waals surface area contributed by atoms with Gasteiger partial charge in [0.1, 0.15) is 13.0 Å². The highest BCUT2D eigenvalue weighted by Crippen LogP contribution is 2.29. The van der Waals surface area contributed by atoms with Crippen molar-refractivity contribution < 1.29 is 24.0 Å². The quantitative estimate of drug-likeness (QED) is 0.160. The van der Waals surface area contributed by atoms with Gasteiger partial charge in [0, 0.05) is 17.8 Å². The zero-order valence-electron chi connectivity index (χ0n) is 20.6. The molecule has 3 aromatic rings. The van der Waals surface area contributed by atoms with Crippen molar-refractivity contribution in [3.63, 3.8) is 0 Å². The van der Waals surface area contributed by atoms with Crippen molar-refractivity contribution >= 4 is 29.4 Å². The van der Waals surface area contributed by atoms with E-state index in [1.807, 2.05) is 32.0 Å². The van der Waals surface area contributed by atoms with Gasteiger partial charge in [0.05, 0.1) is 17.7 Å². The molecule has 0 aliphatic heterocycles. The molecule has 0 saturated carbocycles. The summed E-state index contributed by atoms with van der Waals surface area (Å²) < 4.78 is 11.5. The Morgan fingerprint density at radius 2 is 1.73 bits per heavy atom. The molecular weight excluding hydrogens is 476 g/mol. The summed E-state index contributed by atoms with van der Waals surface area (Å²) >= 11 is 0. The number of rotatable bonds is 12. The summed E-state index contributed by atoms with van der Waals surface area (Å²) in [5.41, 5.74) is 5.45. The lowest BCUT2D eigenvalue weighted by Crippen LogP contribution is -2.25. The van der Waals surface area contributed by atoms with Crippen molar-refractivity contribution in [3.8, 4) is 11.5 Å².